The van der Waals surface area contributed by atoms with Crippen LogP contribution in [-0.2, 0) is 5.41 Å². The molecule has 0 aliphatic carbocycles. The minimum Gasteiger partial charge on any atom is -0.389 e. The van der Waals surface area contributed by atoms with Gasteiger partial charge in [-0.15, -0.1) is 0 Å². The average molecular weight is 271 g/mol. The van der Waals surface area contributed by atoms with Gasteiger partial charge in [-0.1, -0.05) is 63.8 Å². The van der Waals surface area contributed by atoms with E-state index in [0.29, 0.717) is 5.92 Å². The zero-order valence-electron chi connectivity index (χ0n) is 13.7. The molecule has 0 aromatic heterocycles. The zero-order valence-corrected chi connectivity index (χ0v) is 13.7. The fourth-order valence-electron chi connectivity index (χ4n) is 2.62. The van der Waals surface area contributed by atoms with Crippen molar-refractivity contribution in [2.24, 2.45) is 5.92 Å². The van der Waals surface area contributed by atoms with Gasteiger partial charge in [-0.05, 0) is 42.7 Å². The van der Waals surface area contributed by atoms with Crippen molar-refractivity contribution in [1.29, 1.82) is 0 Å². The Labute approximate surface area is 124 Å². The van der Waals surface area contributed by atoms with E-state index in [1.165, 1.54) is 11.1 Å². The van der Waals surface area contributed by atoms with Crippen LogP contribution in [0.4, 0.5) is 0 Å². The summed E-state index contributed by atoms with van der Waals surface area (Å²) in [5.41, 5.74) is 4.96. The SMILES string of the molecule is C=C(C)NCC(C)CC(C)(C)c1cccc(C(=C)C)c1. The van der Waals surface area contributed by atoms with E-state index in [1.54, 1.807) is 0 Å². The molecular weight excluding hydrogens is 242 g/mol. The normalized spacial score (nSPS) is 12.8. The molecule has 0 amide bonds. The van der Waals surface area contributed by atoms with E-state index in [-0.39, 0.29) is 5.41 Å². The Bertz CT molecular complexity index is 482. The third kappa shape index (κ3) is 4.88. The fraction of sp³-hybridized carbons (Fsp3) is 0.474. The molecule has 1 atom stereocenters. The summed E-state index contributed by atoms with van der Waals surface area (Å²) in [6.45, 7) is 19.9. The molecule has 1 heteroatoms. The molecule has 1 unspecified atom stereocenters. The molecular formula is C19H29N. The molecule has 1 rings (SSSR count). The van der Waals surface area contributed by atoms with Gasteiger partial charge in [0.15, 0.2) is 0 Å². The van der Waals surface area contributed by atoms with E-state index in [4.69, 9.17) is 0 Å². The first-order valence-electron chi connectivity index (χ1n) is 7.38. The van der Waals surface area contributed by atoms with Crippen LogP contribution in [0.25, 0.3) is 5.57 Å². The van der Waals surface area contributed by atoms with Gasteiger partial charge < -0.3 is 5.32 Å². The largest absolute Gasteiger partial charge is 0.389 e. The molecule has 110 valence electrons. The number of allylic oxidation sites excluding steroid dienone is 2. The summed E-state index contributed by atoms with van der Waals surface area (Å²) in [6.07, 6.45) is 1.15. The lowest BCUT2D eigenvalue weighted by Crippen LogP contribution is -2.26. The Balaban J connectivity index is 2.79. The van der Waals surface area contributed by atoms with Gasteiger partial charge in [0.2, 0.25) is 0 Å². The summed E-state index contributed by atoms with van der Waals surface area (Å²) in [5.74, 6) is 0.607. The summed E-state index contributed by atoms with van der Waals surface area (Å²) >= 11 is 0. The van der Waals surface area contributed by atoms with Gasteiger partial charge in [0.25, 0.3) is 0 Å². The van der Waals surface area contributed by atoms with E-state index in [0.717, 1.165) is 24.2 Å². The van der Waals surface area contributed by atoms with Crippen LogP contribution in [0.2, 0.25) is 0 Å². The smallest absolute Gasteiger partial charge is 0.0169 e. The maximum atomic E-state index is 4.04. The minimum atomic E-state index is 0.168. The average Bonchev–Trinajstić information content (AvgIpc) is 2.36. The van der Waals surface area contributed by atoms with Crippen LogP contribution in [0.3, 0.4) is 0 Å². The first kappa shape index (κ1) is 16.6. The molecule has 1 nitrogen and oxygen atoms in total. The van der Waals surface area contributed by atoms with E-state index < -0.39 is 0 Å². The molecule has 0 heterocycles. The molecule has 0 saturated heterocycles. The number of nitrogens with one attached hydrogen (secondary N) is 1. The maximum absolute atomic E-state index is 4.04. The highest BCUT2D eigenvalue weighted by Gasteiger charge is 2.23. The van der Waals surface area contributed by atoms with Crippen molar-refractivity contribution in [3.05, 3.63) is 54.2 Å². The highest BCUT2D eigenvalue weighted by Crippen LogP contribution is 2.31. The lowest BCUT2D eigenvalue weighted by Gasteiger charge is -2.29. The molecule has 1 N–H and O–H groups in total. The molecule has 0 fully saturated rings. The van der Waals surface area contributed by atoms with Crippen molar-refractivity contribution in [3.8, 4) is 0 Å². The third-order valence-corrected chi connectivity index (χ3v) is 3.75. The Kier molecular flexibility index (Phi) is 5.62. The molecule has 0 aliphatic rings. The van der Waals surface area contributed by atoms with Crippen LogP contribution < -0.4 is 5.32 Å². The zero-order chi connectivity index (χ0) is 15.3. The van der Waals surface area contributed by atoms with Crippen LogP contribution in [-0.4, -0.2) is 6.54 Å². The Morgan fingerprint density at radius 1 is 1.25 bits per heavy atom. The van der Waals surface area contributed by atoms with Gasteiger partial charge in [-0.3, -0.25) is 0 Å². The Hall–Kier alpha value is -1.50. The van der Waals surface area contributed by atoms with E-state index in [1.807, 2.05) is 6.92 Å². The molecule has 0 aliphatic heterocycles. The highest BCUT2D eigenvalue weighted by atomic mass is 14.9. The molecule has 1 aromatic carbocycles. The lowest BCUT2D eigenvalue weighted by molar-refractivity contribution is 0.373. The second-order valence-corrected chi connectivity index (χ2v) is 6.72. The van der Waals surface area contributed by atoms with Crippen molar-refractivity contribution >= 4 is 5.57 Å². The van der Waals surface area contributed by atoms with Crippen LogP contribution in [0, 0.1) is 5.92 Å². The first-order valence-corrected chi connectivity index (χ1v) is 7.38. The second kappa shape index (κ2) is 6.78. The molecule has 0 radical (unpaired) electrons. The molecule has 0 bridgehead atoms. The summed E-state index contributed by atoms with van der Waals surface area (Å²) in [7, 11) is 0. The summed E-state index contributed by atoms with van der Waals surface area (Å²) in [5, 5.41) is 3.34. The van der Waals surface area contributed by atoms with Gasteiger partial charge in [0.1, 0.15) is 0 Å². The van der Waals surface area contributed by atoms with Crippen LogP contribution >= 0.6 is 0 Å². The Morgan fingerprint density at radius 2 is 1.90 bits per heavy atom. The van der Waals surface area contributed by atoms with Gasteiger partial charge >= 0.3 is 0 Å². The van der Waals surface area contributed by atoms with Gasteiger partial charge in [0.05, 0.1) is 0 Å². The van der Waals surface area contributed by atoms with E-state index >= 15 is 0 Å². The first-order chi connectivity index (χ1) is 9.22. The van der Waals surface area contributed by atoms with Crippen LogP contribution in [0.1, 0.15) is 52.2 Å². The fourth-order valence-corrected chi connectivity index (χ4v) is 2.62. The Morgan fingerprint density at radius 3 is 2.45 bits per heavy atom. The third-order valence-electron chi connectivity index (χ3n) is 3.75. The monoisotopic (exact) mass is 271 g/mol. The van der Waals surface area contributed by atoms with Crippen LogP contribution in [0.15, 0.2) is 43.1 Å². The highest BCUT2D eigenvalue weighted by molar-refractivity contribution is 5.62. The van der Waals surface area contributed by atoms with Crippen molar-refractivity contribution in [1.82, 2.24) is 5.32 Å². The van der Waals surface area contributed by atoms with E-state index in [9.17, 15) is 0 Å². The minimum absolute atomic E-state index is 0.168. The van der Waals surface area contributed by atoms with Gasteiger partial charge in [-0.2, -0.15) is 0 Å². The summed E-state index contributed by atoms with van der Waals surface area (Å²) < 4.78 is 0. The summed E-state index contributed by atoms with van der Waals surface area (Å²) in [6, 6.07) is 8.78. The number of hydrogen-bond acceptors (Lipinski definition) is 1. The summed E-state index contributed by atoms with van der Waals surface area (Å²) in [4.78, 5) is 0. The number of rotatable bonds is 7. The quantitative estimate of drug-likeness (QED) is 0.723. The standard InChI is InChI=1S/C19H29N/c1-14(2)17-9-8-10-18(11-17)19(6,7)12-16(5)13-20-15(3)4/h8-11,16,20H,1,3,12-13H2,2,4-7H3. The topological polar surface area (TPSA) is 12.0 Å². The maximum Gasteiger partial charge on any atom is 0.0169 e. The van der Waals surface area contributed by atoms with Gasteiger partial charge in [0, 0.05) is 12.2 Å². The lowest BCUT2D eigenvalue weighted by atomic mass is 9.77. The molecule has 0 saturated carbocycles. The number of hydrogen-bond donors (Lipinski definition) is 1. The second-order valence-electron chi connectivity index (χ2n) is 6.72. The van der Waals surface area contributed by atoms with Crippen molar-refractivity contribution in [3.63, 3.8) is 0 Å². The van der Waals surface area contributed by atoms with Crippen molar-refractivity contribution < 1.29 is 0 Å². The van der Waals surface area contributed by atoms with Crippen molar-refractivity contribution in [2.75, 3.05) is 6.54 Å². The van der Waals surface area contributed by atoms with Crippen LogP contribution in [0.5, 0.6) is 0 Å². The van der Waals surface area contributed by atoms with Crippen molar-refractivity contribution in [2.45, 2.75) is 46.5 Å². The predicted octanol–water partition coefficient (Wildman–Crippen LogP) is 5.15. The molecule has 0 spiro atoms. The molecule has 20 heavy (non-hydrogen) atoms. The predicted molar refractivity (Wildman–Crippen MR) is 90.8 cm³/mol. The van der Waals surface area contributed by atoms with Gasteiger partial charge in [-0.25, -0.2) is 0 Å². The van der Waals surface area contributed by atoms with E-state index in [2.05, 4.69) is 70.4 Å². The number of benzene rings is 1. The molecule has 1 aromatic rings.